The molecule has 1 aliphatic heterocycles. The van der Waals surface area contributed by atoms with E-state index in [1.165, 1.54) is 12.1 Å². The summed E-state index contributed by atoms with van der Waals surface area (Å²) in [6, 6.07) is 3.30. The molecule has 0 amide bonds. The fourth-order valence-electron chi connectivity index (χ4n) is 2.27. The van der Waals surface area contributed by atoms with Gasteiger partial charge in [-0.05, 0) is 26.0 Å². The van der Waals surface area contributed by atoms with Crippen LogP contribution in [0.3, 0.4) is 0 Å². The highest BCUT2D eigenvalue weighted by Gasteiger charge is 2.29. The van der Waals surface area contributed by atoms with Crippen LogP contribution in [0.25, 0.3) is 0 Å². The maximum Gasteiger partial charge on any atom is 0.130 e. The molecule has 1 aromatic carbocycles. The second kappa shape index (κ2) is 5.08. The molecule has 0 aromatic heterocycles. The van der Waals surface area contributed by atoms with Gasteiger partial charge in [-0.2, -0.15) is 5.06 Å². The second-order valence-corrected chi connectivity index (χ2v) is 4.35. The molecule has 1 saturated heterocycles. The number of nitrogens with zero attached hydrogens (tertiary/aromatic N) is 1. The van der Waals surface area contributed by atoms with Crippen molar-refractivity contribution in [2.45, 2.75) is 24.9 Å². The molecule has 94 valence electrons. The van der Waals surface area contributed by atoms with Gasteiger partial charge in [-0.1, -0.05) is 6.07 Å². The van der Waals surface area contributed by atoms with E-state index in [0.29, 0.717) is 18.5 Å². The fourth-order valence-corrected chi connectivity index (χ4v) is 2.27. The second-order valence-electron chi connectivity index (χ2n) is 4.35. The lowest BCUT2D eigenvalue weighted by molar-refractivity contribution is -0.149. The van der Waals surface area contributed by atoms with Gasteiger partial charge in [-0.3, -0.25) is 0 Å². The molecule has 17 heavy (non-hydrogen) atoms. The van der Waals surface area contributed by atoms with E-state index in [4.69, 9.17) is 0 Å². The SMILES string of the molecule is CNC1CCN(O)C(c2ccc(F)cc2F)C1. The predicted octanol–water partition coefficient (Wildman–Crippen LogP) is 2.08. The number of hydroxylamine groups is 2. The average Bonchev–Trinajstić information content (AvgIpc) is 2.30. The summed E-state index contributed by atoms with van der Waals surface area (Å²) in [6.07, 6.45) is 1.42. The lowest BCUT2D eigenvalue weighted by Gasteiger charge is -2.35. The van der Waals surface area contributed by atoms with Crippen molar-refractivity contribution in [3.8, 4) is 0 Å². The van der Waals surface area contributed by atoms with Crippen molar-refractivity contribution in [2.75, 3.05) is 13.6 Å². The van der Waals surface area contributed by atoms with Crippen LogP contribution in [0.4, 0.5) is 8.78 Å². The Hall–Kier alpha value is -1.04. The van der Waals surface area contributed by atoms with E-state index < -0.39 is 17.7 Å². The first-order chi connectivity index (χ1) is 8.11. The molecule has 0 spiro atoms. The third kappa shape index (κ3) is 2.62. The molecular weight excluding hydrogens is 226 g/mol. The van der Waals surface area contributed by atoms with Crippen LogP contribution in [-0.4, -0.2) is 29.9 Å². The van der Waals surface area contributed by atoms with Crippen LogP contribution in [0.15, 0.2) is 18.2 Å². The van der Waals surface area contributed by atoms with Crippen LogP contribution >= 0.6 is 0 Å². The number of halogens is 2. The summed E-state index contributed by atoms with van der Waals surface area (Å²) in [5.41, 5.74) is 0.342. The highest BCUT2D eigenvalue weighted by atomic mass is 19.1. The van der Waals surface area contributed by atoms with Crippen LogP contribution in [0.5, 0.6) is 0 Å². The predicted molar refractivity (Wildman–Crippen MR) is 59.7 cm³/mol. The zero-order valence-corrected chi connectivity index (χ0v) is 9.66. The molecule has 1 aromatic rings. The van der Waals surface area contributed by atoms with E-state index in [1.807, 2.05) is 7.05 Å². The molecule has 0 bridgehead atoms. The molecule has 2 rings (SSSR count). The summed E-state index contributed by atoms with van der Waals surface area (Å²) in [7, 11) is 1.84. The quantitative estimate of drug-likeness (QED) is 0.833. The molecule has 1 heterocycles. The van der Waals surface area contributed by atoms with Gasteiger partial charge in [-0.15, -0.1) is 0 Å². The largest absolute Gasteiger partial charge is 0.317 e. The van der Waals surface area contributed by atoms with Crippen molar-refractivity contribution in [1.82, 2.24) is 10.4 Å². The van der Waals surface area contributed by atoms with Gasteiger partial charge in [0.2, 0.25) is 0 Å². The summed E-state index contributed by atoms with van der Waals surface area (Å²) < 4.78 is 26.5. The van der Waals surface area contributed by atoms with Gasteiger partial charge in [-0.25, -0.2) is 8.78 Å². The fraction of sp³-hybridized carbons (Fsp3) is 0.500. The summed E-state index contributed by atoms with van der Waals surface area (Å²) in [4.78, 5) is 0. The first kappa shape index (κ1) is 12.4. The van der Waals surface area contributed by atoms with E-state index in [0.717, 1.165) is 17.6 Å². The van der Waals surface area contributed by atoms with E-state index in [-0.39, 0.29) is 6.04 Å². The minimum Gasteiger partial charge on any atom is -0.317 e. The first-order valence-electron chi connectivity index (χ1n) is 5.69. The molecular formula is C12H16F2N2O. The molecule has 0 aliphatic carbocycles. The van der Waals surface area contributed by atoms with Gasteiger partial charge >= 0.3 is 0 Å². The van der Waals surface area contributed by atoms with Gasteiger partial charge in [0.25, 0.3) is 0 Å². The molecule has 2 unspecified atom stereocenters. The van der Waals surface area contributed by atoms with Crippen LogP contribution < -0.4 is 5.32 Å². The van der Waals surface area contributed by atoms with Gasteiger partial charge in [0.05, 0.1) is 6.04 Å². The number of hydrogen-bond acceptors (Lipinski definition) is 3. The zero-order chi connectivity index (χ0) is 12.4. The smallest absolute Gasteiger partial charge is 0.130 e. The normalized spacial score (nSPS) is 26.1. The van der Waals surface area contributed by atoms with Crippen LogP contribution in [0.1, 0.15) is 24.4 Å². The third-order valence-corrected chi connectivity index (χ3v) is 3.30. The standard InChI is InChI=1S/C12H16F2N2O/c1-15-9-4-5-16(17)12(7-9)10-3-2-8(13)6-11(10)14/h2-3,6,9,12,15,17H,4-5,7H2,1H3. The van der Waals surface area contributed by atoms with E-state index >= 15 is 0 Å². The van der Waals surface area contributed by atoms with Gasteiger partial charge in [0, 0.05) is 24.2 Å². The van der Waals surface area contributed by atoms with Crippen molar-refractivity contribution in [3.63, 3.8) is 0 Å². The number of hydrogen-bond donors (Lipinski definition) is 2. The van der Waals surface area contributed by atoms with Crippen LogP contribution in [-0.2, 0) is 0 Å². The zero-order valence-electron chi connectivity index (χ0n) is 9.66. The average molecular weight is 242 g/mol. The maximum atomic E-state index is 13.6. The van der Waals surface area contributed by atoms with E-state index in [9.17, 15) is 14.0 Å². The molecule has 2 atom stereocenters. The van der Waals surface area contributed by atoms with Crippen molar-refractivity contribution >= 4 is 0 Å². The lowest BCUT2D eigenvalue weighted by Crippen LogP contribution is -2.42. The Morgan fingerprint density at radius 2 is 2.18 bits per heavy atom. The van der Waals surface area contributed by atoms with Crippen LogP contribution in [0, 0.1) is 11.6 Å². The Morgan fingerprint density at radius 1 is 1.41 bits per heavy atom. The van der Waals surface area contributed by atoms with E-state index in [2.05, 4.69) is 5.32 Å². The Labute approximate surface area is 99.0 Å². The number of piperidine rings is 1. The van der Waals surface area contributed by atoms with Crippen molar-refractivity contribution < 1.29 is 14.0 Å². The lowest BCUT2D eigenvalue weighted by atomic mass is 9.93. The van der Waals surface area contributed by atoms with E-state index in [1.54, 1.807) is 0 Å². The van der Waals surface area contributed by atoms with Crippen molar-refractivity contribution in [2.24, 2.45) is 0 Å². The summed E-state index contributed by atoms with van der Waals surface area (Å²) >= 11 is 0. The molecule has 3 nitrogen and oxygen atoms in total. The minimum atomic E-state index is -0.606. The Balaban J connectivity index is 2.24. The molecule has 1 fully saturated rings. The topological polar surface area (TPSA) is 35.5 Å². The number of rotatable bonds is 2. The van der Waals surface area contributed by atoms with Gasteiger partial charge in [0.1, 0.15) is 11.6 Å². The summed E-state index contributed by atoms with van der Waals surface area (Å²) in [5, 5.41) is 14.0. The monoisotopic (exact) mass is 242 g/mol. The minimum absolute atomic E-state index is 0.243. The highest BCUT2D eigenvalue weighted by molar-refractivity contribution is 5.22. The van der Waals surface area contributed by atoms with Gasteiger partial charge < -0.3 is 10.5 Å². The van der Waals surface area contributed by atoms with Crippen molar-refractivity contribution in [3.05, 3.63) is 35.4 Å². The molecule has 0 saturated carbocycles. The number of nitrogens with one attached hydrogen (secondary N) is 1. The first-order valence-corrected chi connectivity index (χ1v) is 5.69. The van der Waals surface area contributed by atoms with Crippen LogP contribution in [0.2, 0.25) is 0 Å². The Bertz CT molecular complexity index is 400. The third-order valence-electron chi connectivity index (χ3n) is 3.30. The highest BCUT2D eigenvalue weighted by Crippen LogP contribution is 2.31. The van der Waals surface area contributed by atoms with Gasteiger partial charge in [0.15, 0.2) is 0 Å². The molecule has 0 radical (unpaired) electrons. The Morgan fingerprint density at radius 3 is 2.82 bits per heavy atom. The molecule has 2 N–H and O–H groups in total. The number of benzene rings is 1. The Kier molecular flexibility index (Phi) is 3.71. The maximum absolute atomic E-state index is 13.6. The summed E-state index contributed by atoms with van der Waals surface area (Å²) in [5.74, 6) is -1.21. The summed E-state index contributed by atoms with van der Waals surface area (Å²) in [6.45, 7) is 0.479. The van der Waals surface area contributed by atoms with Crippen molar-refractivity contribution in [1.29, 1.82) is 0 Å². The molecule has 1 aliphatic rings. The molecule has 5 heteroatoms.